The molecule has 0 radical (unpaired) electrons. The van der Waals surface area contributed by atoms with Gasteiger partial charge in [0.2, 0.25) is 0 Å². The summed E-state index contributed by atoms with van der Waals surface area (Å²) in [5.41, 5.74) is 9.88. The molecule has 1 aliphatic carbocycles. The van der Waals surface area contributed by atoms with Gasteiger partial charge in [-0.2, -0.15) is 0 Å². The van der Waals surface area contributed by atoms with E-state index in [2.05, 4.69) is 25.2 Å². The minimum Gasteiger partial charge on any atom is -0.496 e. The van der Waals surface area contributed by atoms with E-state index < -0.39 is 0 Å². The molecule has 1 atom stereocenters. The first kappa shape index (κ1) is 12.4. The fourth-order valence-electron chi connectivity index (χ4n) is 2.13. The zero-order chi connectivity index (χ0) is 12.4. The average Bonchev–Trinajstić information content (AvgIpc) is 3.13. The number of hydrogen-bond donors (Lipinski definition) is 2. The van der Waals surface area contributed by atoms with Crippen molar-refractivity contribution in [3.05, 3.63) is 28.8 Å². The van der Waals surface area contributed by atoms with Gasteiger partial charge in [-0.3, -0.25) is 0 Å². The van der Waals surface area contributed by atoms with Crippen LogP contribution in [0.4, 0.5) is 0 Å². The number of hydrogen-bond acceptors (Lipinski definition) is 3. The number of benzene rings is 1. The van der Waals surface area contributed by atoms with E-state index in [0.717, 1.165) is 12.3 Å². The predicted octanol–water partition coefficient (Wildman–Crippen LogP) is 2.06. The van der Waals surface area contributed by atoms with Gasteiger partial charge in [0.15, 0.2) is 0 Å². The summed E-state index contributed by atoms with van der Waals surface area (Å²) < 4.78 is 5.31. The first-order valence-corrected chi connectivity index (χ1v) is 6.26. The number of rotatable bonds is 5. The van der Waals surface area contributed by atoms with Gasteiger partial charge in [-0.25, -0.2) is 0 Å². The SMILES string of the molecule is COc1ccc(C(N)CNC2CC2)c(C)c1C. The highest BCUT2D eigenvalue weighted by Crippen LogP contribution is 2.27. The summed E-state index contributed by atoms with van der Waals surface area (Å²) >= 11 is 0. The van der Waals surface area contributed by atoms with Gasteiger partial charge in [0.1, 0.15) is 5.75 Å². The monoisotopic (exact) mass is 234 g/mol. The van der Waals surface area contributed by atoms with Gasteiger partial charge in [0.05, 0.1) is 7.11 Å². The topological polar surface area (TPSA) is 47.3 Å². The van der Waals surface area contributed by atoms with Crippen LogP contribution in [0, 0.1) is 13.8 Å². The van der Waals surface area contributed by atoms with E-state index in [4.69, 9.17) is 10.5 Å². The quantitative estimate of drug-likeness (QED) is 0.820. The Labute approximate surface area is 103 Å². The lowest BCUT2D eigenvalue weighted by atomic mass is 9.97. The molecule has 17 heavy (non-hydrogen) atoms. The van der Waals surface area contributed by atoms with Crippen LogP contribution in [0.3, 0.4) is 0 Å². The largest absolute Gasteiger partial charge is 0.496 e. The van der Waals surface area contributed by atoms with E-state index in [1.165, 1.54) is 29.5 Å². The summed E-state index contributed by atoms with van der Waals surface area (Å²) in [6, 6.07) is 4.87. The molecule has 3 heteroatoms. The smallest absolute Gasteiger partial charge is 0.122 e. The van der Waals surface area contributed by atoms with Crippen LogP contribution < -0.4 is 15.8 Å². The van der Waals surface area contributed by atoms with Crippen molar-refractivity contribution < 1.29 is 4.74 Å². The standard InChI is InChI=1S/C14H22N2O/c1-9-10(2)14(17-3)7-6-12(9)13(15)8-16-11-4-5-11/h6-7,11,13,16H,4-5,8,15H2,1-3H3. The molecule has 3 nitrogen and oxygen atoms in total. The van der Waals surface area contributed by atoms with E-state index >= 15 is 0 Å². The molecule has 0 heterocycles. The normalized spacial score (nSPS) is 16.9. The lowest BCUT2D eigenvalue weighted by Gasteiger charge is -2.18. The third-order valence-corrected chi connectivity index (χ3v) is 3.60. The molecule has 2 rings (SSSR count). The van der Waals surface area contributed by atoms with Crippen molar-refractivity contribution in [2.24, 2.45) is 5.73 Å². The lowest BCUT2D eigenvalue weighted by Crippen LogP contribution is -2.29. The third kappa shape index (κ3) is 2.79. The molecular weight excluding hydrogens is 212 g/mol. The van der Waals surface area contributed by atoms with E-state index in [9.17, 15) is 0 Å². The minimum absolute atomic E-state index is 0.0696. The van der Waals surface area contributed by atoms with Crippen molar-refractivity contribution in [3.63, 3.8) is 0 Å². The van der Waals surface area contributed by atoms with Crippen molar-refractivity contribution in [1.29, 1.82) is 0 Å². The molecular formula is C14H22N2O. The highest BCUT2D eigenvalue weighted by Gasteiger charge is 2.22. The number of methoxy groups -OCH3 is 1. The van der Waals surface area contributed by atoms with Crippen molar-refractivity contribution in [2.45, 2.75) is 38.8 Å². The Bertz CT molecular complexity index is 399. The first-order valence-electron chi connectivity index (χ1n) is 6.26. The van der Waals surface area contributed by atoms with Crippen molar-refractivity contribution in [3.8, 4) is 5.75 Å². The van der Waals surface area contributed by atoms with Crippen LogP contribution >= 0.6 is 0 Å². The van der Waals surface area contributed by atoms with Crippen LogP contribution in [-0.2, 0) is 0 Å². The van der Waals surface area contributed by atoms with Crippen molar-refractivity contribution in [2.75, 3.05) is 13.7 Å². The molecule has 1 aromatic rings. The van der Waals surface area contributed by atoms with Gasteiger partial charge >= 0.3 is 0 Å². The Morgan fingerprint density at radius 3 is 2.65 bits per heavy atom. The molecule has 0 bridgehead atoms. The van der Waals surface area contributed by atoms with Crippen LogP contribution in [0.2, 0.25) is 0 Å². The van der Waals surface area contributed by atoms with Crippen LogP contribution in [0.5, 0.6) is 5.75 Å². The molecule has 1 aliphatic rings. The van der Waals surface area contributed by atoms with Gasteiger partial charge in [-0.15, -0.1) is 0 Å². The Kier molecular flexibility index (Phi) is 3.69. The molecule has 1 saturated carbocycles. The molecule has 3 N–H and O–H groups in total. The maximum Gasteiger partial charge on any atom is 0.122 e. The first-order chi connectivity index (χ1) is 8.13. The maximum absolute atomic E-state index is 6.23. The second kappa shape index (κ2) is 5.07. The fourth-order valence-corrected chi connectivity index (χ4v) is 2.13. The van der Waals surface area contributed by atoms with Crippen molar-refractivity contribution in [1.82, 2.24) is 5.32 Å². The van der Waals surface area contributed by atoms with E-state index in [0.29, 0.717) is 6.04 Å². The summed E-state index contributed by atoms with van der Waals surface area (Å²) in [6.45, 7) is 5.06. The second-order valence-corrected chi connectivity index (χ2v) is 4.90. The summed E-state index contributed by atoms with van der Waals surface area (Å²) in [7, 11) is 1.70. The molecule has 0 saturated heterocycles. The summed E-state index contributed by atoms with van der Waals surface area (Å²) in [4.78, 5) is 0. The Balaban J connectivity index is 2.10. The number of nitrogens with one attached hydrogen (secondary N) is 1. The third-order valence-electron chi connectivity index (χ3n) is 3.60. The van der Waals surface area contributed by atoms with Gasteiger partial charge in [-0.05, 0) is 49.4 Å². The lowest BCUT2D eigenvalue weighted by molar-refractivity contribution is 0.411. The van der Waals surface area contributed by atoms with Gasteiger partial charge in [-0.1, -0.05) is 6.07 Å². The highest BCUT2D eigenvalue weighted by molar-refractivity contribution is 5.44. The predicted molar refractivity (Wildman–Crippen MR) is 70.4 cm³/mol. The zero-order valence-electron chi connectivity index (χ0n) is 10.9. The Morgan fingerprint density at radius 2 is 2.06 bits per heavy atom. The maximum atomic E-state index is 6.23. The summed E-state index contributed by atoms with van der Waals surface area (Å²) in [6.07, 6.45) is 2.60. The molecule has 1 aromatic carbocycles. The van der Waals surface area contributed by atoms with E-state index in [-0.39, 0.29) is 6.04 Å². The van der Waals surface area contributed by atoms with Gasteiger partial charge in [0.25, 0.3) is 0 Å². The fraction of sp³-hybridized carbons (Fsp3) is 0.571. The number of nitrogens with two attached hydrogens (primary N) is 1. The highest BCUT2D eigenvalue weighted by atomic mass is 16.5. The van der Waals surface area contributed by atoms with Crippen LogP contribution in [0.25, 0.3) is 0 Å². The minimum atomic E-state index is 0.0696. The van der Waals surface area contributed by atoms with Gasteiger partial charge in [0, 0.05) is 18.6 Å². The van der Waals surface area contributed by atoms with Crippen LogP contribution in [-0.4, -0.2) is 19.7 Å². The zero-order valence-corrected chi connectivity index (χ0v) is 10.9. The Morgan fingerprint density at radius 1 is 1.35 bits per heavy atom. The molecule has 0 amide bonds. The van der Waals surface area contributed by atoms with E-state index in [1.807, 2.05) is 6.07 Å². The van der Waals surface area contributed by atoms with Crippen molar-refractivity contribution >= 4 is 0 Å². The summed E-state index contributed by atoms with van der Waals surface area (Å²) in [5.74, 6) is 0.939. The molecule has 0 spiro atoms. The van der Waals surface area contributed by atoms with Crippen LogP contribution in [0.1, 0.15) is 35.6 Å². The number of ether oxygens (including phenoxy) is 1. The van der Waals surface area contributed by atoms with Gasteiger partial charge < -0.3 is 15.8 Å². The molecule has 0 aromatic heterocycles. The van der Waals surface area contributed by atoms with E-state index in [1.54, 1.807) is 7.11 Å². The van der Waals surface area contributed by atoms with Crippen LogP contribution in [0.15, 0.2) is 12.1 Å². The second-order valence-electron chi connectivity index (χ2n) is 4.90. The molecule has 1 fully saturated rings. The summed E-state index contributed by atoms with van der Waals surface area (Å²) in [5, 5.41) is 3.47. The molecule has 0 aliphatic heterocycles. The molecule has 94 valence electrons. The average molecular weight is 234 g/mol. The Hall–Kier alpha value is -1.06. The molecule has 1 unspecified atom stereocenters.